The minimum atomic E-state index is -0.159. The normalized spacial score (nSPS) is 10.4. The predicted octanol–water partition coefficient (Wildman–Crippen LogP) is 4.50. The van der Waals surface area contributed by atoms with E-state index in [2.05, 4.69) is 31.0 Å². The molecule has 0 unspecified atom stereocenters. The first-order valence-electron chi connectivity index (χ1n) is 9.02. The maximum atomic E-state index is 12.0. The van der Waals surface area contributed by atoms with E-state index < -0.39 is 0 Å². The van der Waals surface area contributed by atoms with Gasteiger partial charge in [0.2, 0.25) is 0 Å². The number of carbonyl (C=O) groups excluding carboxylic acids is 1. The maximum Gasteiger partial charge on any atom is 0.262 e. The van der Waals surface area contributed by atoms with Crippen LogP contribution in [-0.4, -0.2) is 25.6 Å². The zero-order valence-electron chi connectivity index (χ0n) is 15.4. The molecule has 0 atom stereocenters. The third-order valence-corrected chi connectivity index (χ3v) is 4.11. The molecule has 0 aliphatic heterocycles. The Labute approximate surface area is 150 Å². The van der Waals surface area contributed by atoms with E-state index >= 15 is 0 Å². The van der Waals surface area contributed by atoms with Crippen molar-refractivity contribution in [2.45, 2.75) is 33.6 Å². The van der Waals surface area contributed by atoms with Crippen LogP contribution in [0.25, 0.3) is 0 Å². The second kappa shape index (κ2) is 9.72. The molecule has 0 aliphatic carbocycles. The van der Waals surface area contributed by atoms with E-state index in [1.807, 2.05) is 48.5 Å². The Morgan fingerprint density at radius 1 is 0.960 bits per heavy atom. The number of ether oxygens (including phenoxy) is 1. The van der Waals surface area contributed by atoms with E-state index in [0.717, 1.165) is 37.3 Å². The summed E-state index contributed by atoms with van der Waals surface area (Å²) in [6, 6.07) is 15.8. The summed E-state index contributed by atoms with van der Waals surface area (Å²) in [5.41, 5.74) is 3.22. The average molecular weight is 340 g/mol. The Kier molecular flexibility index (Phi) is 7.33. The molecule has 2 aromatic carbocycles. The maximum absolute atomic E-state index is 12.0. The van der Waals surface area contributed by atoms with Gasteiger partial charge >= 0.3 is 0 Å². The fraction of sp³-hybridized carbons (Fsp3) is 0.381. The molecule has 0 aromatic heterocycles. The van der Waals surface area contributed by atoms with Gasteiger partial charge in [-0.1, -0.05) is 25.5 Å². The molecule has 0 saturated heterocycles. The van der Waals surface area contributed by atoms with Crippen molar-refractivity contribution >= 4 is 17.3 Å². The monoisotopic (exact) mass is 340 g/mol. The molecule has 0 radical (unpaired) electrons. The highest BCUT2D eigenvalue weighted by Crippen LogP contribution is 2.18. The van der Waals surface area contributed by atoms with E-state index in [9.17, 15) is 4.79 Å². The molecule has 0 bridgehead atoms. The minimum absolute atomic E-state index is 0.00488. The van der Waals surface area contributed by atoms with Crippen molar-refractivity contribution in [2.24, 2.45) is 0 Å². The van der Waals surface area contributed by atoms with Gasteiger partial charge in [0.25, 0.3) is 5.91 Å². The molecular formula is C21H28N2O2. The van der Waals surface area contributed by atoms with Crippen molar-refractivity contribution in [1.82, 2.24) is 0 Å². The Balaban J connectivity index is 1.83. The zero-order valence-corrected chi connectivity index (χ0v) is 15.4. The zero-order chi connectivity index (χ0) is 18.1. The van der Waals surface area contributed by atoms with Crippen molar-refractivity contribution in [3.8, 4) is 5.75 Å². The van der Waals surface area contributed by atoms with Gasteiger partial charge in [-0.15, -0.1) is 0 Å². The molecular weight excluding hydrogens is 312 g/mol. The van der Waals surface area contributed by atoms with E-state index in [1.54, 1.807) is 0 Å². The molecule has 0 fully saturated rings. The van der Waals surface area contributed by atoms with Gasteiger partial charge in [-0.05, 0) is 62.2 Å². The second-order valence-corrected chi connectivity index (χ2v) is 5.95. The van der Waals surface area contributed by atoms with Crippen LogP contribution in [-0.2, 0) is 11.2 Å². The van der Waals surface area contributed by atoms with Gasteiger partial charge < -0.3 is 15.0 Å². The number of amides is 1. The first-order valence-corrected chi connectivity index (χ1v) is 9.02. The lowest BCUT2D eigenvalue weighted by molar-refractivity contribution is -0.118. The molecule has 1 amide bonds. The van der Waals surface area contributed by atoms with Crippen LogP contribution < -0.4 is 15.0 Å². The highest BCUT2D eigenvalue weighted by atomic mass is 16.5. The van der Waals surface area contributed by atoms with Gasteiger partial charge in [0.15, 0.2) is 6.61 Å². The van der Waals surface area contributed by atoms with Crippen LogP contribution in [0.3, 0.4) is 0 Å². The van der Waals surface area contributed by atoms with Gasteiger partial charge in [0.05, 0.1) is 0 Å². The molecule has 134 valence electrons. The van der Waals surface area contributed by atoms with Crippen molar-refractivity contribution < 1.29 is 9.53 Å². The van der Waals surface area contributed by atoms with E-state index in [-0.39, 0.29) is 12.5 Å². The summed E-state index contributed by atoms with van der Waals surface area (Å²) in [7, 11) is 0. The number of aryl methyl sites for hydroxylation is 1. The first kappa shape index (κ1) is 18.8. The van der Waals surface area contributed by atoms with Crippen LogP contribution in [0.2, 0.25) is 0 Å². The molecule has 1 N–H and O–H groups in total. The SMILES string of the molecule is CCCc1ccc(OCC(=O)Nc2ccc(N(CC)CC)cc2)cc1. The van der Waals surface area contributed by atoms with E-state index in [1.165, 1.54) is 5.56 Å². The molecule has 2 rings (SSSR count). The molecule has 2 aromatic rings. The highest BCUT2D eigenvalue weighted by Gasteiger charge is 2.06. The van der Waals surface area contributed by atoms with Gasteiger partial charge in [0, 0.05) is 24.5 Å². The van der Waals surface area contributed by atoms with Gasteiger partial charge in [-0.2, -0.15) is 0 Å². The topological polar surface area (TPSA) is 41.6 Å². The fourth-order valence-electron chi connectivity index (χ4n) is 2.73. The van der Waals surface area contributed by atoms with Crippen LogP contribution >= 0.6 is 0 Å². The third kappa shape index (κ3) is 5.82. The van der Waals surface area contributed by atoms with Crippen molar-refractivity contribution in [3.63, 3.8) is 0 Å². The Morgan fingerprint density at radius 3 is 2.16 bits per heavy atom. The number of nitrogens with zero attached hydrogens (tertiary/aromatic N) is 1. The predicted molar refractivity (Wildman–Crippen MR) is 105 cm³/mol. The summed E-state index contributed by atoms with van der Waals surface area (Å²) in [4.78, 5) is 14.3. The third-order valence-electron chi connectivity index (χ3n) is 4.11. The number of carbonyl (C=O) groups is 1. The van der Waals surface area contributed by atoms with Crippen molar-refractivity contribution in [1.29, 1.82) is 0 Å². The fourth-order valence-corrected chi connectivity index (χ4v) is 2.73. The van der Waals surface area contributed by atoms with E-state index in [0.29, 0.717) is 5.75 Å². The van der Waals surface area contributed by atoms with Crippen LogP contribution in [0.4, 0.5) is 11.4 Å². The number of rotatable bonds is 9. The van der Waals surface area contributed by atoms with Gasteiger partial charge in [-0.25, -0.2) is 0 Å². The Hall–Kier alpha value is -2.49. The lowest BCUT2D eigenvalue weighted by Crippen LogP contribution is -2.22. The van der Waals surface area contributed by atoms with Crippen molar-refractivity contribution in [2.75, 3.05) is 29.9 Å². The number of nitrogens with one attached hydrogen (secondary N) is 1. The van der Waals surface area contributed by atoms with Gasteiger partial charge in [0.1, 0.15) is 5.75 Å². The number of hydrogen-bond donors (Lipinski definition) is 1. The molecule has 0 heterocycles. The van der Waals surface area contributed by atoms with Crippen LogP contribution in [0.1, 0.15) is 32.8 Å². The quantitative estimate of drug-likeness (QED) is 0.730. The second-order valence-electron chi connectivity index (χ2n) is 5.95. The molecule has 0 saturated carbocycles. The van der Waals surface area contributed by atoms with Gasteiger partial charge in [-0.3, -0.25) is 4.79 Å². The van der Waals surface area contributed by atoms with E-state index in [4.69, 9.17) is 4.74 Å². The summed E-state index contributed by atoms with van der Waals surface area (Å²) in [5, 5.41) is 2.86. The minimum Gasteiger partial charge on any atom is -0.484 e. The molecule has 4 heteroatoms. The Bertz CT molecular complexity index is 647. The van der Waals surface area contributed by atoms with Crippen LogP contribution in [0.15, 0.2) is 48.5 Å². The Morgan fingerprint density at radius 2 is 1.60 bits per heavy atom. The summed E-state index contributed by atoms with van der Waals surface area (Å²) >= 11 is 0. The smallest absolute Gasteiger partial charge is 0.262 e. The summed E-state index contributed by atoms with van der Waals surface area (Å²) < 4.78 is 5.55. The lowest BCUT2D eigenvalue weighted by Gasteiger charge is -2.21. The number of anilines is 2. The van der Waals surface area contributed by atoms with Crippen LogP contribution in [0, 0.1) is 0 Å². The number of hydrogen-bond acceptors (Lipinski definition) is 3. The molecule has 0 spiro atoms. The summed E-state index contributed by atoms with van der Waals surface area (Å²) in [6.45, 7) is 8.35. The number of benzene rings is 2. The highest BCUT2D eigenvalue weighted by molar-refractivity contribution is 5.92. The molecule has 4 nitrogen and oxygen atoms in total. The lowest BCUT2D eigenvalue weighted by atomic mass is 10.1. The summed E-state index contributed by atoms with van der Waals surface area (Å²) in [5.74, 6) is 0.556. The average Bonchev–Trinajstić information content (AvgIpc) is 2.64. The largest absolute Gasteiger partial charge is 0.484 e. The molecule has 25 heavy (non-hydrogen) atoms. The van der Waals surface area contributed by atoms with Crippen LogP contribution in [0.5, 0.6) is 5.75 Å². The summed E-state index contributed by atoms with van der Waals surface area (Å²) in [6.07, 6.45) is 2.18. The first-order chi connectivity index (χ1) is 12.2. The molecule has 0 aliphatic rings. The standard InChI is InChI=1S/C21H28N2O2/c1-4-7-17-8-14-20(15-9-17)25-16-21(24)22-18-10-12-19(13-11-18)23(5-2)6-3/h8-15H,4-7,16H2,1-3H3,(H,22,24). The van der Waals surface area contributed by atoms with Crippen molar-refractivity contribution in [3.05, 3.63) is 54.1 Å².